The number of carbonyl (C=O) groups excluding carboxylic acids is 1. The van der Waals surface area contributed by atoms with Crippen LogP contribution in [0.25, 0.3) is 0 Å². The van der Waals surface area contributed by atoms with Crippen molar-refractivity contribution in [2.75, 3.05) is 24.3 Å². The van der Waals surface area contributed by atoms with Gasteiger partial charge in [0, 0.05) is 13.0 Å². The zero-order valence-electron chi connectivity index (χ0n) is 12.3. The molecule has 0 bridgehead atoms. The summed E-state index contributed by atoms with van der Waals surface area (Å²) in [7, 11) is 1.60. The van der Waals surface area contributed by atoms with E-state index in [2.05, 4.69) is 16.7 Å². The average Bonchev–Trinajstić information content (AvgIpc) is 2.55. The molecular weight excluding hydrogens is 278 g/mol. The van der Waals surface area contributed by atoms with Crippen LogP contribution in [0.5, 0.6) is 5.75 Å². The molecule has 1 amide bonds. The topological polar surface area (TPSA) is 74.2 Å². The lowest BCUT2D eigenvalue weighted by atomic mass is 10.2. The SMILES string of the molecule is COc1ccccc1NCCC(=O)Nc1ccccc1C#N. The van der Waals surface area contributed by atoms with Crippen molar-refractivity contribution >= 4 is 17.3 Å². The van der Waals surface area contributed by atoms with Crippen LogP contribution < -0.4 is 15.4 Å². The summed E-state index contributed by atoms with van der Waals surface area (Å²) in [6, 6.07) is 16.5. The highest BCUT2D eigenvalue weighted by atomic mass is 16.5. The van der Waals surface area contributed by atoms with Gasteiger partial charge in [0.25, 0.3) is 0 Å². The summed E-state index contributed by atoms with van der Waals surface area (Å²) in [6.45, 7) is 0.473. The summed E-state index contributed by atoms with van der Waals surface area (Å²) in [6.07, 6.45) is 0.289. The summed E-state index contributed by atoms with van der Waals surface area (Å²) < 4.78 is 5.23. The van der Waals surface area contributed by atoms with E-state index in [-0.39, 0.29) is 12.3 Å². The number of hydrogen-bond donors (Lipinski definition) is 2. The summed E-state index contributed by atoms with van der Waals surface area (Å²) in [5.74, 6) is 0.586. The van der Waals surface area contributed by atoms with Crippen LogP contribution in [0, 0.1) is 11.3 Å². The first kappa shape index (κ1) is 15.4. The third-order valence-electron chi connectivity index (χ3n) is 3.10. The molecule has 112 valence electrons. The van der Waals surface area contributed by atoms with Crippen LogP contribution in [0.2, 0.25) is 0 Å². The number of amides is 1. The fraction of sp³-hybridized carbons (Fsp3) is 0.176. The normalized spacial score (nSPS) is 9.64. The summed E-state index contributed by atoms with van der Waals surface area (Å²) >= 11 is 0. The molecule has 2 aromatic rings. The van der Waals surface area contributed by atoms with Crippen LogP contribution in [0.15, 0.2) is 48.5 Å². The minimum atomic E-state index is -0.148. The van der Waals surface area contributed by atoms with Crippen LogP contribution in [-0.2, 0) is 4.79 Å². The standard InChI is InChI=1S/C17H17N3O2/c1-22-16-9-5-4-8-15(16)19-11-10-17(21)20-14-7-3-2-6-13(14)12-18/h2-9,19H,10-11H2,1H3,(H,20,21). The van der Waals surface area contributed by atoms with Gasteiger partial charge in [-0.1, -0.05) is 24.3 Å². The monoisotopic (exact) mass is 295 g/mol. The van der Waals surface area contributed by atoms with Crippen molar-refractivity contribution < 1.29 is 9.53 Å². The van der Waals surface area contributed by atoms with Gasteiger partial charge in [-0.25, -0.2) is 0 Å². The number of rotatable bonds is 6. The molecule has 0 aliphatic heterocycles. The van der Waals surface area contributed by atoms with Crippen LogP contribution in [0.1, 0.15) is 12.0 Å². The van der Waals surface area contributed by atoms with E-state index < -0.39 is 0 Å². The highest BCUT2D eigenvalue weighted by Crippen LogP contribution is 2.22. The van der Waals surface area contributed by atoms with Crippen LogP contribution in [0.4, 0.5) is 11.4 Å². The zero-order valence-corrected chi connectivity index (χ0v) is 12.3. The van der Waals surface area contributed by atoms with E-state index in [1.165, 1.54) is 0 Å². The third-order valence-corrected chi connectivity index (χ3v) is 3.10. The van der Waals surface area contributed by atoms with Crippen molar-refractivity contribution in [1.82, 2.24) is 0 Å². The highest BCUT2D eigenvalue weighted by Gasteiger charge is 2.07. The third kappa shape index (κ3) is 4.00. The van der Waals surface area contributed by atoms with Crippen LogP contribution >= 0.6 is 0 Å². The Kier molecular flexibility index (Phi) is 5.38. The largest absolute Gasteiger partial charge is 0.495 e. The molecular formula is C17H17N3O2. The van der Waals surface area contributed by atoms with Gasteiger partial charge in [0.05, 0.1) is 24.0 Å². The Morgan fingerprint density at radius 3 is 2.55 bits per heavy atom. The maximum atomic E-state index is 11.9. The van der Waals surface area contributed by atoms with Gasteiger partial charge in [-0.05, 0) is 24.3 Å². The number of nitrogens with zero attached hydrogens (tertiary/aromatic N) is 1. The molecule has 0 spiro atoms. The van der Waals surface area contributed by atoms with Crippen molar-refractivity contribution in [2.45, 2.75) is 6.42 Å². The number of nitriles is 1. The Bertz CT molecular complexity index is 692. The number of benzene rings is 2. The molecule has 0 saturated carbocycles. The van der Waals surface area contributed by atoms with Crippen molar-refractivity contribution in [3.8, 4) is 11.8 Å². The summed E-state index contributed by atoms with van der Waals surface area (Å²) in [4.78, 5) is 11.9. The van der Waals surface area contributed by atoms with E-state index in [1.54, 1.807) is 31.4 Å². The second kappa shape index (κ2) is 7.70. The van der Waals surface area contributed by atoms with E-state index in [1.807, 2.05) is 24.3 Å². The number of methoxy groups -OCH3 is 1. The van der Waals surface area contributed by atoms with Gasteiger partial charge < -0.3 is 15.4 Å². The number of nitrogens with one attached hydrogen (secondary N) is 2. The molecule has 5 heteroatoms. The van der Waals surface area contributed by atoms with Gasteiger partial charge in [0.2, 0.25) is 5.91 Å². The second-order valence-electron chi connectivity index (χ2n) is 4.58. The van der Waals surface area contributed by atoms with Gasteiger partial charge in [-0.15, -0.1) is 0 Å². The van der Waals surface area contributed by atoms with Crippen molar-refractivity contribution in [3.05, 3.63) is 54.1 Å². The lowest BCUT2D eigenvalue weighted by molar-refractivity contribution is -0.115. The minimum absolute atomic E-state index is 0.148. The summed E-state index contributed by atoms with van der Waals surface area (Å²) in [5, 5.41) is 14.9. The van der Waals surface area contributed by atoms with Crippen molar-refractivity contribution in [3.63, 3.8) is 0 Å². The van der Waals surface area contributed by atoms with Gasteiger partial charge in [0.1, 0.15) is 11.8 Å². The molecule has 0 aromatic heterocycles. The molecule has 0 unspecified atom stereocenters. The van der Waals surface area contributed by atoms with Gasteiger partial charge in [-0.2, -0.15) is 5.26 Å². The Balaban J connectivity index is 1.87. The molecule has 2 aromatic carbocycles. The van der Waals surface area contributed by atoms with E-state index in [4.69, 9.17) is 10.00 Å². The van der Waals surface area contributed by atoms with E-state index in [0.717, 1.165) is 11.4 Å². The van der Waals surface area contributed by atoms with Crippen LogP contribution in [0.3, 0.4) is 0 Å². The maximum absolute atomic E-state index is 11.9. The predicted octanol–water partition coefficient (Wildman–Crippen LogP) is 3.01. The van der Waals surface area contributed by atoms with Crippen molar-refractivity contribution in [2.24, 2.45) is 0 Å². The molecule has 0 fully saturated rings. The molecule has 0 aliphatic rings. The smallest absolute Gasteiger partial charge is 0.226 e. The van der Waals surface area contributed by atoms with Crippen molar-refractivity contribution in [1.29, 1.82) is 5.26 Å². The molecule has 0 aliphatic carbocycles. The quantitative estimate of drug-likeness (QED) is 0.859. The number of para-hydroxylation sites is 3. The molecule has 22 heavy (non-hydrogen) atoms. The Hall–Kier alpha value is -3.00. The van der Waals surface area contributed by atoms with Gasteiger partial charge >= 0.3 is 0 Å². The lowest BCUT2D eigenvalue weighted by Crippen LogP contribution is -2.17. The van der Waals surface area contributed by atoms with E-state index in [9.17, 15) is 4.79 Å². The molecule has 2 rings (SSSR count). The second-order valence-corrected chi connectivity index (χ2v) is 4.58. The average molecular weight is 295 g/mol. The van der Waals surface area contributed by atoms with Gasteiger partial charge in [0.15, 0.2) is 0 Å². The fourth-order valence-electron chi connectivity index (χ4n) is 2.00. The maximum Gasteiger partial charge on any atom is 0.226 e. The number of anilines is 2. The number of ether oxygens (including phenoxy) is 1. The van der Waals surface area contributed by atoms with Gasteiger partial charge in [-0.3, -0.25) is 4.79 Å². The molecule has 0 atom stereocenters. The first-order valence-electron chi connectivity index (χ1n) is 6.90. The highest BCUT2D eigenvalue weighted by molar-refractivity contribution is 5.92. The molecule has 5 nitrogen and oxygen atoms in total. The first-order valence-corrected chi connectivity index (χ1v) is 6.90. The minimum Gasteiger partial charge on any atom is -0.495 e. The molecule has 0 heterocycles. The van der Waals surface area contributed by atoms with E-state index in [0.29, 0.717) is 17.8 Å². The molecule has 0 radical (unpaired) electrons. The van der Waals surface area contributed by atoms with E-state index >= 15 is 0 Å². The first-order chi connectivity index (χ1) is 10.7. The molecule has 0 saturated heterocycles. The molecule has 2 N–H and O–H groups in total. The number of carbonyl (C=O) groups is 1. The zero-order chi connectivity index (χ0) is 15.8. The lowest BCUT2D eigenvalue weighted by Gasteiger charge is -2.11. The number of hydrogen-bond acceptors (Lipinski definition) is 4. The Labute approximate surface area is 129 Å². The Morgan fingerprint density at radius 2 is 1.82 bits per heavy atom. The Morgan fingerprint density at radius 1 is 1.14 bits per heavy atom. The summed E-state index contributed by atoms with van der Waals surface area (Å²) in [5.41, 5.74) is 1.83. The predicted molar refractivity (Wildman–Crippen MR) is 85.9 cm³/mol. The van der Waals surface area contributed by atoms with Crippen LogP contribution in [-0.4, -0.2) is 19.6 Å². The fourth-order valence-corrected chi connectivity index (χ4v) is 2.00.